The van der Waals surface area contributed by atoms with Gasteiger partial charge in [0.1, 0.15) is 12.1 Å². The van der Waals surface area contributed by atoms with E-state index >= 15 is 0 Å². The van der Waals surface area contributed by atoms with Crippen LogP contribution < -0.4 is 5.32 Å². The van der Waals surface area contributed by atoms with Gasteiger partial charge in [0.2, 0.25) is 11.8 Å². The third kappa shape index (κ3) is 2.97. The second-order valence-electron chi connectivity index (χ2n) is 6.53. The third-order valence-electron chi connectivity index (χ3n) is 4.69. The molecule has 3 atom stereocenters. The van der Waals surface area contributed by atoms with Crippen molar-refractivity contribution in [1.82, 2.24) is 15.1 Å². The smallest absolute Gasteiger partial charge is 0.246 e. The molecule has 2 aliphatic heterocycles. The first-order chi connectivity index (χ1) is 9.41. The molecule has 2 amide bonds. The van der Waals surface area contributed by atoms with Crippen molar-refractivity contribution in [2.45, 2.75) is 58.2 Å². The molecule has 0 aromatic carbocycles. The summed E-state index contributed by atoms with van der Waals surface area (Å²) in [6.45, 7) is 7.54. The molecule has 114 valence electrons. The minimum Gasteiger partial charge on any atom is -0.342 e. The standard InChI is InChI=1S/C15H27N3O2/c1-10(2)13-15(20)18(11(3)14(19)16-13)9-12-7-5-6-8-17(12)4/h10-13H,5-9H2,1-4H3,(H,16,19). The van der Waals surface area contributed by atoms with Crippen molar-refractivity contribution in [1.29, 1.82) is 0 Å². The van der Waals surface area contributed by atoms with Crippen LogP contribution in [0.4, 0.5) is 0 Å². The van der Waals surface area contributed by atoms with Gasteiger partial charge in [-0.15, -0.1) is 0 Å². The highest BCUT2D eigenvalue weighted by Gasteiger charge is 2.40. The Morgan fingerprint density at radius 3 is 2.60 bits per heavy atom. The normalized spacial score (nSPS) is 32.6. The van der Waals surface area contributed by atoms with E-state index in [0.29, 0.717) is 12.6 Å². The van der Waals surface area contributed by atoms with Gasteiger partial charge in [-0.25, -0.2) is 0 Å². The van der Waals surface area contributed by atoms with Gasteiger partial charge in [-0.05, 0) is 39.3 Å². The molecular formula is C15H27N3O2. The zero-order valence-corrected chi connectivity index (χ0v) is 13.1. The summed E-state index contributed by atoms with van der Waals surface area (Å²) in [7, 11) is 2.11. The first-order valence-corrected chi connectivity index (χ1v) is 7.73. The molecule has 5 nitrogen and oxygen atoms in total. The Hall–Kier alpha value is -1.10. The van der Waals surface area contributed by atoms with E-state index in [1.165, 1.54) is 12.8 Å². The van der Waals surface area contributed by atoms with E-state index in [-0.39, 0.29) is 29.8 Å². The lowest BCUT2D eigenvalue weighted by molar-refractivity contribution is -0.150. The number of carbonyl (C=O) groups is 2. The monoisotopic (exact) mass is 281 g/mol. The Morgan fingerprint density at radius 1 is 1.30 bits per heavy atom. The maximum Gasteiger partial charge on any atom is 0.246 e. The van der Waals surface area contributed by atoms with Crippen LogP contribution in [0.2, 0.25) is 0 Å². The fourth-order valence-corrected chi connectivity index (χ4v) is 3.15. The second kappa shape index (κ2) is 6.12. The van der Waals surface area contributed by atoms with Crippen LogP contribution in [0.15, 0.2) is 0 Å². The van der Waals surface area contributed by atoms with Crippen molar-refractivity contribution in [3.05, 3.63) is 0 Å². The lowest BCUT2D eigenvalue weighted by Gasteiger charge is -2.43. The summed E-state index contributed by atoms with van der Waals surface area (Å²) >= 11 is 0. The van der Waals surface area contributed by atoms with E-state index in [4.69, 9.17) is 0 Å². The summed E-state index contributed by atoms with van der Waals surface area (Å²) in [6, 6.07) is -0.339. The molecule has 20 heavy (non-hydrogen) atoms. The SMILES string of the molecule is CC(C)C1NC(=O)C(C)N(CC2CCCCN2C)C1=O. The number of piperazine rings is 1. The molecular weight excluding hydrogens is 254 g/mol. The largest absolute Gasteiger partial charge is 0.342 e. The minimum atomic E-state index is -0.368. The Morgan fingerprint density at radius 2 is 2.00 bits per heavy atom. The molecule has 0 bridgehead atoms. The number of likely N-dealkylation sites (tertiary alicyclic amines) is 1. The van der Waals surface area contributed by atoms with E-state index in [0.717, 1.165) is 13.0 Å². The van der Waals surface area contributed by atoms with Gasteiger partial charge in [0.25, 0.3) is 0 Å². The molecule has 2 rings (SSSR count). The maximum absolute atomic E-state index is 12.6. The number of nitrogens with zero attached hydrogens (tertiary/aromatic N) is 2. The average molecular weight is 281 g/mol. The van der Waals surface area contributed by atoms with E-state index in [1.54, 1.807) is 4.90 Å². The molecule has 3 unspecified atom stereocenters. The summed E-state index contributed by atoms with van der Waals surface area (Å²) < 4.78 is 0. The van der Waals surface area contributed by atoms with Crippen molar-refractivity contribution in [3.63, 3.8) is 0 Å². The molecule has 2 saturated heterocycles. The number of piperidine rings is 1. The predicted octanol–water partition coefficient (Wildman–Crippen LogP) is 0.842. The van der Waals surface area contributed by atoms with Crippen LogP contribution in [-0.4, -0.2) is 59.9 Å². The summed E-state index contributed by atoms with van der Waals surface area (Å²) in [5, 5.41) is 2.85. The highest BCUT2D eigenvalue weighted by molar-refractivity contribution is 5.96. The average Bonchev–Trinajstić information content (AvgIpc) is 2.40. The molecule has 2 fully saturated rings. The number of hydrogen-bond donors (Lipinski definition) is 1. The number of nitrogens with one attached hydrogen (secondary N) is 1. The van der Waals surface area contributed by atoms with E-state index in [1.807, 2.05) is 20.8 Å². The van der Waals surface area contributed by atoms with E-state index in [9.17, 15) is 9.59 Å². The fourth-order valence-electron chi connectivity index (χ4n) is 3.15. The van der Waals surface area contributed by atoms with Gasteiger partial charge in [-0.2, -0.15) is 0 Å². The summed E-state index contributed by atoms with van der Waals surface area (Å²) in [5.74, 6) is 0.179. The van der Waals surface area contributed by atoms with Gasteiger partial charge in [0.05, 0.1) is 0 Å². The second-order valence-corrected chi connectivity index (χ2v) is 6.53. The third-order valence-corrected chi connectivity index (χ3v) is 4.69. The fraction of sp³-hybridized carbons (Fsp3) is 0.867. The number of carbonyl (C=O) groups excluding carboxylic acids is 2. The minimum absolute atomic E-state index is 0.0261. The highest BCUT2D eigenvalue weighted by Crippen LogP contribution is 2.21. The Kier molecular flexibility index (Phi) is 4.68. The lowest BCUT2D eigenvalue weighted by atomic mass is 9.96. The number of likely N-dealkylation sites (N-methyl/N-ethyl adjacent to an activating group) is 1. The van der Waals surface area contributed by atoms with Crippen LogP contribution in [0.25, 0.3) is 0 Å². The van der Waals surface area contributed by atoms with Crippen LogP contribution >= 0.6 is 0 Å². The molecule has 0 saturated carbocycles. The van der Waals surface area contributed by atoms with Crippen LogP contribution in [0, 0.1) is 5.92 Å². The van der Waals surface area contributed by atoms with E-state index < -0.39 is 0 Å². The van der Waals surface area contributed by atoms with Gasteiger partial charge in [-0.3, -0.25) is 9.59 Å². The van der Waals surface area contributed by atoms with E-state index in [2.05, 4.69) is 17.3 Å². The maximum atomic E-state index is 12.6. The van der Waals surface area contributed by atoms with Crippen molar-refractivity contribution in [2.24, 2.45) is 5.92 Å². The Bertz CT molecular complexity index is 383. The van der Waals surface area contributed by atoms with Gasteiger partial charge in [0, 0.05) is 12.6 Å². The molecule has 1 N–H and O–H groups in total. The van der Waals surface area contributed by atoms with Crippen LogP contribution in [-0.2, 0) is 9.59 Å². The molecule has 2 heterocycles. The Balaban J connectivity index is 2.10. The molecule has 0 aromatic rings. The number of amides is 2. The molecule has 0 aromatic heterocycles. The quantitative estimate of drug-likeness (QED) is 0.834. The van der Waals surface area contributed by atoms with Gasteiger partial charge >= 0.3 is 0 Å². The molecule has 5 heteroatoms. The number of hydrogen-bond acceptors (Lipinski definition) is 3. The van der Waals surface area contributed by atoms with Crippen molar-refractivity contribution in [2.75, 3.05) is 20.1 Å². The van der Waals surface area contributed by atoms with Crippen molar-refractivity contribution < 1.29 is 9.59 Å². The molecule has 0 spiro atoms. The topological polar surface area (TPSA) is 52.7 Å². The van der Waals surface area contributed by atoms with Gasteiger partial charge < -0.3 is 15.1 Å². The first kappa shape index (κ1) is 15.3. The highest BCUT2D eigenvalue weighted by atomic mass is 16.2. The molecule has 0 aliphatic carbocycles. The first-order valence-electron chi connectivity index (χ1n) is 7.73. The summed E-state index contributed by atoms with van der Waals surface area (Å²) in [5.41, 5.74) is 0. The molecule has 2 aliphatic rings. The van der Waals surface area contributed by atoms with Gasteiger partial charge in [0.15, 0.2) is 0 Å². The van der Waals surface area contributed by atoms with Crippen LogP contribution in [0.5, 0.6) is 0 Å². The summed E-state index contributed by atoms with van der Waals surface area (Å²) in [4.78, 5) is 28.8. The number of rotatable bonds is 3. The van der Waals surface area contributed by atoms with Crippen molar-refractivity contribution in [3.8, 4) is 0 Å². The predicted molar refractivity (Wildman–Crippen MR) is 78.2 cm³/mol. The van der Waals surface area contributed by atoms with Crippen LogP contribution in [0.1, 0.15) is 40.0 Å². The van der Waals surface area contributed by atoms with Crippen molar-refractivity contribution >= 4 is 11.8 Å². The zero-order valence-electron chi connectivity index (χ0n) is 13.1. The molecule has 0 radical (unpaired) electrons. The lowest BCUT2D eigenvalue weighted by Crippen LogP contribution is -2.65. The van der Waals surface area contributed by atoms with Crippen LogP contribution in [0.3, 0.4) is 0 Å². The Labute approximate surface area is 121 Å². The zero-order chi connectivity index (χ0) is 14.9. The van der Waals surface area contributed by atoms with Gasteiger partial charge in [-0.1, -0.05) is 20.3 Å². The summed E-state index contributed by atoms with van der Waals surface area (Å²) in [6.07, 6.45) is 3.55.